The molecule has 0 aliphatic carbocycles. The Morgan fingerprint density at radius 2 is 2.24 bits per heavy atom. The number of carboxylic acids is 1. The van der Waals surface area contributed by atoms with Gasteiger partial charge in [0, 0.05) is 9.35 Å². The summed E-state index contributed by atoms with van der Waals surface area (Å²) in [5.41, 5.74) is -1.43. The zero-order valence-corrected chi connectivity index (χ0v) is 12.7. The molecule has 0 saturated carbocycles. The highest BCUT2D eigenvalue weighted by Crippen LogP contribution is 2.28. The first kappa shape index (κ1) is 15.4. The predicted octanol–water partition coefficient (Wildman–Crippen LogP) is 3.87. The van der Waals surface area contributed by atoms with Gasteiger partial charge in [0.1, 0.15) is 5.56 Å². The van der Waals surface area contributed by atoms with E-state index in [9.17, 15) is 19.3 Å². The van der Waals surface area contributed by atoms with Crippen LogP contribution in [0.15, 0.2) is 28.1 Å². The van der Waals surface area contributed by atoms with Gasteiger partial charge in [-0.2, -0.15) is 0 Å². The molecule has 21 heavy (non-hydrogen) atoms. The van der Waals surface area contributed by atoms with Gasteiger partial charge in [-0.15, -0.1) is 11.3 Å². The second-order valence-electron chi connectivity index (χ2n) is 3.96. The average Bonchev–Trinajstić information content (AvgIpc) is 2.82. The van der Waals surface area contributed by atoms with Crippen molar-refractivity contribution in [2.75, 3.05) is 5.32 Å². The molecule has 0 radical (unpaired) electrons. The van der Waals surface area contributed by atoms with Crippen molar-refractivity contribution in [3.63, 3.8) is 0 Å². The molecule has 0 aliphatic rings. The lowest BCUT2D eigenvalue weighted by molar-refractivity contribution is -0.385. The summed E-state index contributed by atoms with van der Waals surface area (Å²) in [7, 11) is 0. The second-order valence-corrected chi connectivity index (χ2v) is 5.81. The highest BCUT2D eigenvalue weighted by molar-refractivity contribution is 9.10. The SMILES string of the molecule is O=C(O)c1cc(NCc2sccc2Br)c(F)cc1[N+](=O)[O-]. The molecule has 0 aliphatic heterocycles. The molecule has 0 spiro atoms. The van der Waals surface area contributed by atoms with Gasteiger partial charge in [-0.25, -0.2) is 9.18 Å². The first-order valence-electron chi connectivity index (χ1n) is 5.57. The molecule has 2 rings (SSSR count). The number of rotatable bonds is 5. The Kier molecular flexibility index (Phi) is 4.53. The summed E-state index contributed by atoms with van der Waals surface area (Å²) in [6.45, 7) is 0.270. The van der Waals surface area contributed by atoms with Gasteiger partial charge in [0.25, 0.3) is 5.69 Å². The summed E-state index contributed by atoms with van der Waals surface area (Å²) >= 11 is 4.76. The fraction of sp³-hybridized carbons (Fsp3) is 0.0833. The van der Waals surface area contributed by atoms with Crippen LogP contribution >= 0.6 is 27.3 Å². The Labute approximate surface area is 130 Å². The Bertz CT molecular complexity index is 719. The summed E-state index contributed by atoms with van der Waals surface area (Å²) in [6, 6.07) is 3.36. The van der Waals surface area contributed by atoms with E-state index < -0.39 is 28.0 Å². The second kappa shape index (κ2) is 6.19. The third kappa shape index (κ3) is 3.37. The molecule has 0 unspecified atom stereocenters. The van der Waals surface area contributed by atoms with E-state index in [2.05, 4.69) is 21.2 Å². The van der Waals surface area contributed by atoms with Crippen LogP contribution < -0.4 is 5.32 Å². The van der Waals surface area contributed by atoms with Crippen LogP contribution in [0.3, 0.4) is 0 Å². The van der Waals surface area contributed by atoms with Gasteiger partial charge in [-0.3, -0.25) is 10.1 Å². The molecule has 0 bridgehead atoms. The number of hydrogen-bond donors (Lipinski definition) is 2. The molecule has 6 nitrogen and oxygen atoms in total. The Morgan fingerprint density at radius 3 is 2.76 bits per heavy atom. The lowest BCUT2D eigenvalue weighted by Crippen LogP contribution is -2.07. The maximum Gasteiger partial charge on any atom is 0.342 e. The van der Waals surface area contributed by atoms with Gasteiger partial charge in [0.2, 0.25) is 0 Å². The molecule has 0 fully saturated rings. The van der Waals surface area contributed by atoms with Crippen LogP contribution in [0.1, 0.15) is 15.2 Å². The Balaban J connectivity index is 2.32. The number of carboxylic acid groups (broad SMARTS) is 1. The van der Waals surface area contributed by atoms with Crippen molar-refractivity contribution in [1.29, 1.82) is 0 Å². The van der Waals surface area contributed by atoms with E-state index in [-0.39, 0.29) is 12.2 Å². The molecule has 2 N–H and O–H groups in total. The number of aromatic carboxylic acids is 1. The average molecular weight is 375 g/mol. The molecule has 0 saturated heterocycles. The number of nitro groups is 1. The monoisotopic (exact) mass is 374 g/mol. The van der Waals surface area contributed by atoms with Gasteiger partial charge in [0.15, 0.2) is 5.82 Å². The van der Waals surface area contributed by atoms with Gasteiger partial charge >= 0.3 is 5.97 Å². The zero-order valence-electron chi connectivity index (χ0n) is 10.3. The van der Waals surface area contributed by atoms with Crippen molar-refractivity contribution in [3.8, 4) is 0 Å². The van der Waals surface area contributed by atoms with Crippen molar-refractivity contribution in [2.45, 2.75) is 6.54 Å². The van der Waals surface area contributed by atoms with E-state index in [1.807, 2.05) is 11.4 Å². The van der Waals surface area contributed by atoms with Crippen LogP contribution in [0.5, 0.6) is 0 Å². The van der Waals surface area contributed by atoms with Crippen molar-refractivity contribution in [2.24, 2.45) is 0 Å². The van der Waals surface area contributed by atoms with E-state index in [1.165, 1.54) is 11.3 Å². The molecular weight excluding hydrogens is 367 g/mol. The highest BCUT2D eigenvalue weighted by atomic mass is 79.9. The van der Waals surface area contributed by atoms with Crippen LogP contribution in [0.2, 0.25) is 0 Å². The van der Waals surface area contributed by atoms with Crippen LogP contribution in [0.25, 0.3) is 0 Å². The van der Waals surface area contributed by atoms with Crippen molar-refractivity contribution < 1.29 is 19.2 Å². The fourth-order valence-electron chi connectivity index (χ4n) is 1.65. The maximum atomic E-state index is 13.8. The minimum atomic E-state index is -1.48. The standard InChI is InChI=1S/C12H8BrFN2O4S/c13-7-1-2-21-11(7)5-15-9-3-6(12(17)18)10(16(19)20)4-8(9)14/h1-4,15H,5H2,(H,17,18). The van der Waals surface area contributed by atoms with E-state index >= 15 is 0 Å². The van der Waals surface area contributed by atoms with Gasteiger partial charge in [-0.05, 0) is 33.4 Å². The highest BCUT2D eigenvalue weighted by Gasteiger charge is 2.23. The Hall–Kier alpha value is -2.00. The molecule has 0 atom stereocenters. The van der Waals surface area contributed by atoms with E-state index in [1.54, 1.807) is 0 Å². The molecule has 1 heterocycles. The number of halogens is 2. The van der Waals surface area contributed by atoms with Gasteiger partial charge in [-0.1, -0.05) is 0 Å². The number of anilines is 1. The number of nitrogens with one attached hydrogen (secondary N) is 1. The predicted molar refractivity (Wildman–Crippen MR) is 79.4 cm³/mol. The third-order valence-electron chi connectivity index (χ3n) is 2.64. The first-order valence-corrected chi connectivity index (χ1v) is 7.24. The van der Waals surface area contributed by atoms with Crippen molar-refractivity contribution in [3.05, 3.63) is 54.4 Å². The van der Waals surface area contributed by atoms with Gasteiger partial charge in [0.05, 0.1) is 23.2 Å². The van der Waals surface area contributed by atoms with Crippen molar-refractivity contribution in [1.82, 2.24) is 0 Å². The largest absolute Gasteiger partial charge is 0.477 e. The van der Waals surface area contributed by atoms with Crippen LogP contribution in [0.4, 0.5) is 15.8 Å². The normalized spacial score (nSPS) is 10.4. The van der Waals surface area contributed by atoms with E-state index in [0.29, 0.717) is 6.07 Å². The number of hydrogen-bond acceptors (Lipinski definition) is 5. The summed E-state index contributed by atoms with van der Waals surface area (Å²) in [6.07, 6.45) is 0. The number of nitrogens with zero attached hydrogens (tertiary/aromatic N) is 1. The summed E-state index contributed by atoms with van der Waals surface area (Å²) in [5, 5.41) is 24.3. The summed E-state index contributed by atoms with van der Waals surface area (Å²) in [5.74, 6) is -2.36. The number of nitro benzene ring substituents is 1. The molecule has 1 aromatic carbocycles. The topological polar surface area (TPSA) is 92.5 Å². The summed E-state index contributed by atoms with van der Waals surface area (Å²) < 4.78 is 14.7. The van der Waals surface area contributed by atoms with Crippen LogP contribution in [-0.2, 0) is 6.54 Å². The lowest BCUT2D eigenvalue weighted by atomic mass is 10.1. The van der Waals surface area contributed by atoms with Crippen molar-refractivity contribution >= 4 is 44.6 Å². The van der Waals surface area contributed by atoms with Crippen LogP contribution in [-0.4, -0.2) is 16.0 Å². The molecule has 0 amide bonds. The quantitative estimate of drug-likeness (QED) is 0.612. The number of carbonyl (C=O) groups is 1. The fourth-order valence-corrected chi connectivity index (χ4v) is 3.08. The van der Waals surface area contributed by atoms with E-state index in [0.717, 1.165) is 15.4 Å². The molecule has 2 aromatic rings. The Morgan fingerprint density at radius 1 is 1.52 bits per heavy atom. The first-order chi connectivity index (χ1) is 9.90. The lowest BCUT2D eigenvalue weighted by Gasteiger charge is -2.08. The maximum absolute atomic E-state index is 13.8. The smallest absolute Gasteiger partial charge is 0.342 e. The van der Waals surface area contributed by atoms with Crippen LogP contribution in [0, 0.1) is 15.9 Å². The van der Waals surface area contributed by atoms with Gasteiger partial charge < -0.3 is 10.4 Å². The molecule has 110 valence electrons. The zero-order chi connectivity index (χ0) is 15.6. The third-order valence-corrected chi connectivity index (χ3v) is 4.57. The molecule has 1 aromatic heterocycles. The minimum absolute atomic E-state index is 0.0988. The molecular formula is C12H8BrFN2O4S. The minimum Gasteiger partial charge on any atom is -0.477 e. The molecule has 9 heteroatoms. The number of thiophene rings is 1. The summed E-state index contributed by atoms with van der Waals surface area (Å²) in [4.78, 5) is 21.7. The number of benzene rings is 1. The van der Waals surface area contributed by atoms with E-state index in [4.69, 9.17) is 5.11 Å².